The second-order valence-corrected chi connectivity index (χ2v) is 6.27. The maximum Gasteiger partial charge on any atom is 0.387 e. The number of halogens is 2. The van der Waals surface area contributed by atoms with Crippen LogP contribution in [0, 0.1) is 17.8 Å². The molecule has 0 spiro atoms. The van der Waals surface area contributed by atoms with Crippen molar-refractivity contribution in [1.29, 1.82) is 0 Å². The number of amides is 2. The van der Waals surface area contributed by atoms with E-state index in [0.717, 1.165) is 6.07 Å². The molecule has 1 aromatic heterocycles. The number of nitrogens with two attached hydrogens (primary N) is 1. The van der Waals surface area contributed by atoms with Gasteiger partial charge in [0, 0.05) is 36.9 Å². The molecule has 1 aromatic carbocycles. The summed E-state index contributed by atoms with van der Waals surface area (Å²) in [4.78, 5) is 29.1. The number of aromatic nitrogens is 1. The minimum atomic E-state index is -3.05. The molecule has 0 aliphatic carbocycles. The van der Waals surface area contributed by atoms with Crippen LogP contribution in [0.2, 0.25) is 0 Å². The van der Waals surface area contributed by atoms with Crippen molar-refractivity contribution in [3.63, 3.8) is 0 Å². The zero-order chi connectivity index (χ0) is 20.3. The average Bonchev–Trinajstić information content (AvgIpc) is 2.98. The molecule has 3 rings (SSSR count). The van der Waals surface area contributed by atoms with Crippen molar-refractivity contribution in [2.45, 2.75) is 13.0 Å². The lowest BCUT2D eigenvalue weighted by atomic mass is 10.1. The third-order valence-corrected chi connectivity index (χ3v) is 4.25. The first kappa shape index (κ1) is 19.3. The van der Waals surface area contributed by atoms with Gasteiger partial charge in [0.25, 0.3) is 5.91 Å². The van der Waals surface area contributed by atoms with Crippen LogP contribution in [0.3, 0.4) is 0 Å². The van der Waals surface area contributed by atoms with Gasteiger partial charge in [-0.15, -0.1) is 0 Å². The molecule has 2 N–H and O–H groups in total. The van der Waals surface area contributed by atoms with E-state index in [1.54, 1.807) is 36.2 Å². The van der Waals surface area contributed by atoms with Gasteiger partial charge in [-0.1, -0.05) is 24.0 Å². The van der Waals surface area contributed by atoms with Crippen molar-refractivity contribution >= 4 is 11.8 Å². The number of carbonyl (C=O) groups is 2. The highest BCUT2D eigenvalue weighted by Gasteiger charge is 2.27. The summed E-state index contributed by atoms with van der Waals surface area (Å²) in [5, 5.41) is 0. The molecule has 2 heterocycles. The van der Waals surface area contributed by atoms with Gasteiger partial charge in [0.2, 0.25) is 5.91 Å². The van der Waals surface area contributed by atoms with Crippen LogP contribution in [0.4, 0.5) is 8.78 Å². The summed E-state index contributed by atoms with van der Waals surface area (Å²) in [6.07, 6.45) is 0.679. The number of likely N-dealkylation sites (tertiary alicyclic amines) is 1. The highest BCUT2D eigenvalue weighted by Crippen LogP contribution is 2.25. The molecule has 1 aliphatic heterocycles. The monoisotopic (exact) mass is 385 g/mol. The Kier molecular flexibility index (Phi) is 5.54. The van der Waals surface area contributed by atoms with Gasteiger partial charge in [-0.3, -0.25) is 9.59 Å². The smallest absolute Gasteiger partial charge is 0.387 e. The lowest BCUT2D eigenvalue weighted by Gasteiger charge is -2.09. The average molecular weight is 385 g/mol. The van der Waals surface area contributed by atoms with E-state index in [1.807, 2.05) is 0 Å². The number of alkyl halides is 2. The zero-order valence-electron chi connectivity index (χ0n) is 15.0. The molecule has 144 valence electrons. The summed E-state index contributed by atoms with van der Waals surface area (Å²) >= 11 is 0. The summed E-state index contributed by atoms with van der Waals surface area (Å²) < 4.78 is 29.5. The third-order valence-electron chi connectivity index (χ3n) is 4.25. The van der Waals surface area contributed by atoms with Crippen LogP contribution in [-0.4, -0.2) is 41.9 Å². The fraction of sp³-hybridized carbons (Fsp3) is 0.250. The second kappa shape index (κ2) is 8.05. The summed E-state index contributed by atoms with van der Waals surface area (Å²) in [6, 6.07) is 9.21. The first-order valence-electron chi connectivity index (χ1n) is 8.47. The standard InChI is InChI=1S/C20H17F2N3O3/c1-25-8-7-13(19(25)27)6-5-12-3-2-4-14(9-12)16-10-15(28-20(21)22)11-17(24-16)18(23)26/h2-4,9-11,13,20H,7-8H2,1H3,(H2,23,26). The molecule has 1 atom stereocenters. The van der Waals surface area contributed by atoms with Crippen LogP contribution in [0.25, 0.3) is 11.3 Å². The van der Waals surface area contributed by atoms with E-state index in [1.165, 1.54) is 6.07 Å². The van der Waals surface area contributed by atoms with E-state index in [2.05, 4.69) is 21.6 Å². The maximum absolute atomic E-state index is 12.6. The Morgan fingerprint density at radius 1 is 1.36 bits per heavy atom. The normalized spacial score (nSPS) is 16.1. The van der Waals surface area contributed by atoms with E-state index in [-0.39, 0.29) is 29.0 Å². The Labute approximate surface area is 160 Å². The lowest BCUT2D eigenvalue weighted by Crippen LogP contribution is -2.21. The highest BCUT2D eigenvalue weighted by atomic mass is 19.3. The highest BCUT2D eigenvalue weighted by molar-refractivity contribution is 5.92. The Morgan fingerprint density at radius 3 is 2.79 bits per heavy atom. The van der Waals surface area contributed by atoms with Crippen molar-refractivity contribution in [2.24, 2.45) is 11.7 Å². The molecule has 1 saturated heterocycles. The molecule has 0 bridgehead atoms. The summed E-state index contributed by atoms with van der Waals surface area (Å²) in [7, 11) is 1.74. The van der Waals surface area contributed by atoms with Crippen molar-refractivity contribution in [2.75, 3.05) is 13.6 Å². The fourth-order valence-electron chi connectivity index (χ4n) is 2.83. The topological polar surface area (TPSA) is 85.5 Å². The third kappa shape index (κ3) is 4.43. The number of ether oxygens (including phenoxy) is 1. The largest absolute Gasteiger partial charge is 0.435 e. The Hall–Kier alpha value is -3.47. The zero-order valence-corrected chi connectivity index (χ0v) is 15.0. The minimum absolute atomic E-state index is 0.00623. The molecule has 6 nitrogen and oxygen atoms in total. The molecule has 1 aliphatic rings. The number of hydrogen-bond acceptors (Lipinski definition) is 4. The van der Waals surface area contributed by atoms with Gasteiger partial charge in [-0.2, -0.15) is 8.78 Å². The molecule has 1 unspecified atom stereocenters. The van der Waals surface area contributed by atoms with Gasteiger partial charge in [0.1, 0.15) is 17.4 Å². The van der Waals surface area contributed by atoms with Crippen molar-refractivity contribution in [3.8, 4) is 28.8 Å². The SMILES string of the molecule is CN1CCC(C#Cc2cccc(-c3cc(OC(F)F)cc(C(N)=O)n3)c2)C1=O. The summed E-state index contributed by atoms with van der Waals surface area (Å²) in [5.74, 6) is 4.51. The number of benzene rings is 1. The van der Waals surface area contributed by atoms with Crippen LogP contribution in [-0.2, 0) is 4.79 Å². The summed E-state index contributed by atoms with van der Waals surface area (Å²) in [6.45, 7) is -2.37. The number of pyridine rings is 1. The van der Waals surface area contributed by atoms with E-state index in [4.69, 9.17) is 5.73 Å². The molecule has 8 heteroatoms. The van der Waals surface area contributed by atoms with Gasteiger partial charge in [0.05, 0.1) is 5.69 Å². The molecular weight excluding hydrogens is 368 g/mol. The van der Waals surface area contributed by atoms with Crippen molar-refractivity contribution in [1.82, 2.24) is 9.88 Å². The van der Waals surface area contributed by atoms with Crippen molar-refractivity contribution < 1.29 is 23.1 Å². The molecule has 0 radical (unpaired) electrons. The molecule has 28 heavy (non-hydrogen) atoms. The molecule has 2 amide bonds. The lowest BCUT2D eigenvalue weighted by molar-refractivity contribution is -0.128. The number of primary amides is 1. The number of hydrogen-bond donors (Lipinski definition) is 1. The van der Waals surface area contributed by atoms with Gasteiger partial charge in [-0.05, 0) is 18.6 Å². The van der Waals surface area contributed by atoms with Gasteiger partial charge >= 0.3 is 6.61 Å². The summed E-state index contributed by atoms with van der Waals surface area (Å²) in [5.41, 5.74) is 6.45. The van der Waals surface area contributed by atoms with Crippen molar-refractivity contribution in [3.05, 3.63) is 47.7 Å². The Balaban J connectivity index is 1.92. The molecule has 2 aromatic rings. The molecule has 1 fully saturated rings. The van der Waals surface area contributed by atoms with Gasteiger partial charge in [-0.25, -0.2) is 4.98 Å². The van der Waals surface area contributed by atoms with E-state index < -0.39 is 12.5 Å². The number of rotatable bonds is 4. The Morgan fingerprint density at radius 2 is 2.14 bits per heavy atom. The van der Waals surface area contributed by atoms with Crippen LogP contribution in [0.15, 0.2) is 36.4 Å². The quantitative estimate of drug-likeness (QED) is 0.819. The fourth-order valence-corrected chi connectivity index (χ4v) is 2.83. The minimum Gasteiger partial charge on any atom is -0.435 e. The number of nitrogens with zero attached hydrogens (tertiary/aromatic N) is 2. The van der Waals surface area contributed by atoms with Gasteiger partial charge in [0.15, 0.2) is 0 Å². The van der Waals surface area contributed by atoms with E-state index in [0.29, 0.717) is 24.1 Å². The maximum atomic E-state index is 12.6. The van der Waals surface area contributed by atoms with Gasteiger partial charge < -0.3 is 15.4 Å². The van der Waals surface area contributed by atoms with Crippen LogP contribution in [0.1, 0.15) is 22.5 Å². The predicted octanol–water partition coefficient (Wildman–Crippen LogP) is 2.28. The van der Waals surface area contributed by atoms with Crippen LogP contribution in [0.5, 0.6) is 5.75 Å². The first-order chi connectivity index (χ1) is 13.3. The Bertz CT molecular complexity index is 982. The molecule has 0 saturated carbocycles. The number of carbonyl (C=O) groups excluding carboxylic acids is 2. The van der Waals surface area contributed by atoms with Crippen LogP contribution < -0.4 is 10.5 Å². The van der Waals surface area contributed by atoms with E-state index >= 15 is 0 Å². The second-order valence-electron chi connectivity index (χ2n) is 6.27. The molecular formula is C20H17F2N3O3. The first-order valence-corrected chi connectivity index (χ1v) is 8.47. The van der Waals surface area contributed by atoms with Crippen LogP contribution >= 0.6 is 0 Å². The predicted molar refractivity (Wildman–Crippen MR) is 97.4 cm³/mol. The van der Waals surface area contributed by atoms with E-state index in [9.17, 15) is 18.4 Å².